The molecule has 2 atom stereocenters. The Morgan fingerprint density at radius 2 is 2.11 bits per heavy atom. The number of benzene rings is 1. The maximum atomic E-state index is 13.1. The average Bonchev–Trinajstić information content (AvgIpc) is 2.38. The van der Waals surface area contributed by atoms with Crippen LogP contribution >= 0.6 is 0 Å². The van der Waals surface area contributed by atoms with Crippen molar-refractivity contribution >= 4 is 5.91 Å². The highest BCUT2D eigenvalue weighted by molar-refractivity contribution is 5.78. The first-order valence-corrected chi connectivity index (χ1v) is 7.08. The van der Waals surface area contributed by atoms with E-state index < -0.39 is 0 Å². The summed E-state index contributed by atoms with van der Waals surface area (Å²) < 4.78 is 13.1. The van der Waals surface area contributed by atoms with E-state index in [0.29, 0.717) is 12.0 Å². The molecule has 0 saturated heterocycles. The Bertz CT molecular complexity index is 446. The molecule has 104 valence electrons. The Labute approximate surface area is 114 Å². The summed E-state index contributed by atoms with van der Waals surface area (Å²) in [6.45, 7) is 2.22. The van der Waals surface area contributed by atoms with Gasteiger partial charge in [-0.1, -0.05) is 31.9 Å². The molecule has 0 heterocycles. The molecule has 1 aromatic rings. The minimum Gasteiger partial charge on any atom is -0.342 e. The van der Waals surface area contributed by atoms with Crippen molar-refractivity contribution < 1.29 is 9.18 Å². The summed E-state index contributed by atoms with van der Waals surface area (Å²) in [5, 5.41) is 0. The predicted octanol–water partition coefficient (Wildman–Crippen LogP) is 3.41. The lowest BCUT2D eigenvalue weighted by Gasteiger charge is -2.36. The highest BCUT2D eigenvalue weighted by atomic mass is 19.1. The van der Waals surface area contributed by atoms with Crippen LogP contribution in [-0.2, 0) is 11.2 Å². The average molecular weight is 263 g/mol. The summed E-state index contributed by atoms with van der Waals surface area (Å²) in [6, 6.07) is 6.65. The van der Waals surface area contributed by atoms with Crippen LogP contribution in [0.15, 0.2) is 24.3 Å². The lowest BCUT2D eigenvalue weighted by molar-refractivity contribution is -0.132. The molecule has 1 aliphatic rings. The largest absolute Gasteiger partial charge is 0.342 e. The summed E-state index contributed by atoms with van der Waals surface area (Å²) in [7, 11) is 1.88. The molecule has 1 amide bonds. The van der Waals surface area contributed by atoms with Crippen molar-refractivity contribution in [2.45, 2.75) is 45.1 Å². The fourth-order valence-electron chi connectivity index (χ4n) is 3.00. The fourth-order valence-corrected chi connectivity index (χ4v) is 3.00. The number of hydrogen-bond donors (Lipinski definition) is 0. The quantitative estimate of drug-likeness (QED) is 0.818. The molecule has 1 fully saturated rings. The molecular weight excluding hydrogens is 241 g/mol. The molecule has 0 bridgehead atoms. The molecule has 19 heavy (non-hydrogen) atoms. The molecule has 0 radical (unpaired) electrons. The second-order valence-electron chi connectivity index (χ2n) is 5.64. The van der Waals surface area contributed by atoms with E-state index in [1.165, 1.54) is 31.4 Å². The van der Waals surface area contributed by atoms with Crippen LogP contribution in [-0.4, -0.2) is 23.9 Å². The number of hydrogen-bond acceptors (Lipinski definition) is 1. The van der Waals surface area contributed by atoms with Crippen LogP contribution in [0.5, 0.6) is 0 Å². The van der Waals surface area contributed by atoms with E-state index in [1.807, 2.05) is 11.9 Å². The van der Waals surface area contributed by atoms with Gasteiger partial charge in [0, 0.05) is 13.1 Å². The van der Waals surface area contributed by atoms with Gasteiger partial charge in [0.15, 0.2) is 0 Å². The third kappa shape index (κ3) is 3.55. The van der Waals surface area contributed by atoms with Crippen molar-refractivity contribution in [3.8, 4) is 0 Å². The maximum absolute atomic E-state index is 13.1. The molecule has 2 unspecified atom stereocenters. The first-order chi connectivity index (χ1) is 9.08. The lowest BCUT2D eigenvalue weighted by atomic mass is 9.85. The van der Waals surface area contributed by atoms with Gasteiger partial charge in [-0.05, 0) is 36.5 Å². The summed E-state index contributed by atoms with van der Waals surface area (Å²) in [5.41, 5.74) is 0.750. The lowest BCUT2D eigenvalue weighted by Crippen LogP contribution is -2.43. The molecule has 3 heteroatoms. The first-order valence-electron chi connectivity index (χ1n) is 7.08. The van der Waals surface area contributed by atoms with Gasteiger partial charge in [0.05, 0.1) is 6.42 Å². The maximum Gasteiger partial charge on any atom is 0.226 e. The number of nitrogens with zero attached hydrogens (tertiary/aromatic N) is 1. The molecule has 1 saturated carbocycles. The van der Waals surface area contributed by atoms with E-state index in [1.54, 1.807) is 12.1 Å². The Hall–Kier alpha value is -1.38. The number of likely N-dealkylation sites (N-methyl/N-ethyl adjacent to an activating group) is 1. The van der Waals surface area contributed by atoms with Gasteiger partial charge in [0.2, 0.25) is 5.91 Å². The van der Waals surface area contributed by atoms with E-state index >= 15 is 0 Å². The van der Waals surface area contributed by atoms with Crippen LogP contribution < -0.4 is 0 Å². The van der Waals surface area contributed by atoms with E-state index in [-0.39, 0.29) is 18.1 Å². The Morgan fingerprint density at radius 1 is 1.37 bits per heavy atom. The standard InChI is InChI=1S/C16H22FNO/c1-12-6-3-4-9-15(12)18(2)16(19)11-13-7-5-8-14(17)10-13/h5,7-8,10,12,15H,3-4,6,9,11H2,1-2H3. The molecule has 0 aromatic heterocycles. The molecule has 1 aliphatic carbocycles. The minimum absolute atomic E-state index is 0.0874. The van der Waals surface area contributed by atoms with E-state index in [4.69, 9.17) is 0 Å². The van der Waals surface area contributed by atoms with Crippen LogP contribution in [0.4, 0.5) is 4.39 Å². The first kappa shape index (κ1) is 14.0. The van der Waals surface area contributed by atoms with E-state index in [0.717, 1.165) is 12.0 Å². The van der Waals surface area contributed by atoms with Gasteiger partial charge in [-0.15, -0.1) is 0 Å². The van der Waals surface area contributed by atoms with Gasteiger partial charge < -0.3 is 4.90 Å². The summed E-state index contributed by atoms with van der Waals surface area (Å²) in [4.78, 5) is 14.1. The molecule has 0 spiro atoms. The van der Waals surface area contributed by atoms with Crippen LogP contribution in [0.1, 0.15) is 38.2 Å². The molecule has 0 aliphatic heterocycles. The number of carbonyl (C=O) groups is 1. The summed E-state index contributed by atoms with van der Waals surface area (Å²) in [5.74, 6) is 0.374. The van der Waals surface area contributed by atoms with Gasteiger partial charge >= 0.3 is 0 Å². The normalized spacial score (nSPS) is 23.1. The van der Waals surface area contributed by atoms with Crippen LogP contribution in [0.3, 0.4) is 0 Å². The summed E-state index contributed by atoms with van der Waals surface area (Å²) >= 11 is 0. The van der Waals surface area contributed by atoms with Crippen molar-refractivity contribution in [1.82, 2.24) is 4.90 Å². The third-order valence-corrected chi connectivity index (χ3v) is 4.20. The second kappa shape index (κ2) is 6.18. The SMILES string of the molecule is CC1CCCCC1N(C)C(=O)Cc1cccc(F)c1. The van der Waals surface area contributed by atoms with Gasteiger partial charge in [-0.3, -0.25) is 4.79 Å². The highest BCUT2D eigenvalue weighted by Crippen LogP contribution is 2.27. The molecule has 0 N–H and O–H groups in total. The zero-order valence-electron chi connectivity index (χ0n) is 11.7. The zero-order chi connectivity index (χ0) is 13.8. The van der Waals surface area contributed by atoms with Crippen molar-refractivity contribution in [2.24, 2.45) is 5.92 Å². The van der Waals surface area contributed by atoms with Crippen molar-refractivity contribution in [3.63, 3.8) is 0 Å². The topological polar surface area (TPSA) is 20.3 Å². The minimum atomic E-state index is -0.279. The summed E-state index contributed by atoms with van der Waals surface area (Å²) in [6.07, 6.45) is 5.04. The smallest absolute Gasteiger partial charge is 0.226 e. The van der Waals surface area contributed by atoms with Crippen LogP contribution in [0.2, 0.25) is 0 Å². The monoisotopic (exact) mass is 263 g/mol. The van der Waals surface area contributed by atoms with Gasteiger partial charge in [0.1, 0.15) is 5.82 Å². The highest BCUT2D eigenvalue weighted by Gasteiger charge is 2.27. The predicted molar refractivity (Wildman–Crippen MR) is 74.3 cm³/mol. The fraction of sp³-hybridized carbons (Fsp3) is 0.562. The van der Waals surface area contributed by atoms with Crippen LogP contribution in [0.25, 0.3) is 0 Å². The molecule has 1 aromatic carbocycles. The molecule has 2 rings (SSSR count). The van der Waals surface area contributed by atoms with E-state index in [2.05, 4.69) is 6.92 Å². The number of rotatable bonds is 3. The third-order valence-electron chi connectivity index (χ3n) is 4.20. The Balaban J connectivity index is 1.99. The second-order valence-corrected chi connectivity index (χ2v) is 5.64. The van der Waals surface area contributed by atoms with Crippen molar-refractivity contribution in [2.75, 3.05) is 7.05 Å². The van der Waals surface area contributed by atoms with Crippen LogP contribution in [0, 0.1) is 11.7 Å². The van der Waals surface area contributed by atoms with E-state index in [9.17, 15) is 9.18 Å². The molecule has 2 nitrogen and oxygen atoms in total. The zero-order valence-corrected chi connectivity index (χ0v) is 11.7. The van der Waals surface area contributed by atoms with Gasteiger partial charge in [-0.2, -0.15) is 0 Å². The number of halogens is 1. The Kier molecular flexibility index (Phi) is 4.56. The van der Waals surface area contributed by atoms with Gasteiger partial charge in [0.25, 0.3) is 0 Å². The molecular formula is C16H22FNO. The number of carbonyl (C=O) groups excluding carboxylic acids is 1. The van der Waals surface area contributed by atoms with Gasteiger partial charge in [-0.25, -0.2) is 4.39 Å². The van der Waals surface area contributed by atoms with Crippen molar-refractivity contribution in [3.05, 3.63) is 35.6 Å². The Morgan fingerprint density at radius 3 is 2.79 bits per heavy atom. The number of amides is 1. The van der Waals surface area contributed by atoms with Crippen molar-refractivity contribution in [1.29, 1.82) is 0 Å².